The van der Waals surface area contributed by atoms with Crippen molar-refractivity contribution in [3.63, 3.8) is 0 Å². The lowest BCUT2D eigenvalue weighted by molar-refractivity contribution is 0.112. The van der Waals surface area contributed by atoms with Gasteiger partial charge in [0.1, 0.15) is 11.8 Å². The smallest absolute Gasteiger partial charge is 0.221 e. The molecule has 1 aromatic carbocycles. The molecule has 0 unspecified atom stereocenters. The standard InChI is InChI=1S/C17H15N3O2S/c18-10-12-3-6-16(19-17(12)20-7-1-2-8-20)22-14-4-5-15(23)13(9-14)11-21/h3-6,9,11,23H,1-2,7-8H2. The van der Waals surface area contributed by atoms with Crippen LogP contribution in [0.5, 0.6) is 11.6 Å². The highest BCUT2D eigenvalue weighted by Gasteiger charge is 2.18. The predicted molar refractivity (Wildman–Crippen MR) is 89.6 cm³/mol. The third-order valence-electron chi connectivity index (χ3n) is 3.72. The number of anilines is 1. The Morgan fingerprint density at radius 1 is 1.26 bits per heavy atom. The summed E-state index contributed by atoms with van der Waals surface area (Å²) in [5, 5.41) is 9.25. The van der Waals surface area contributed by atoms with Gasteiger partial charge in [-0.2, -0.15) is 10.2 Å². The van der Waals surface area contributed by atoms with E-state index in [1.807, 2.05) is 0 Å². The Morgan fingerprint density at radius 3 is 2.74 bits per heavy atom. The molecule has 1 aromatic heterocycles. The molecule has 0 bridgehead atoms. The van der Waals surface area contributed by atoms with E-state index in [1.165, 1.54) is 0 Å². The molecule has 1 aliphatic rings. The molecule has 6 heteroatoms. The Morgan fingerprint density at radius 2 is 2.04 bits per heavy atom. The molecule has 1 aliphatic heterocycles. The van der Waals surface area contributed by atoms with Crippen LogP contribution in [0.15, 0.2) is 35.2 Å². The van der Waals surface area contributed by atoms with Crippen molar-refractivity contribution in [2.24, 2.45) is 0 Å². The molecule has 2 heterocycles. The number of pyridine rings is 1. The number of thiol groups is 1. The molecule has 0 aliphatic carbocycles. The molecule has 0 N–H and O–H groups in total. The quantitative estimate of drug-likeness (QED) is 0.689. The fraction of sp³-hybridized carbons (Fsp3) is 0.235. The maximum atomic E-state index is 11.0. The van der Waals surface area contributed by atoms with Crippen LogP contribution in [0.1, 0.15) is 28.8 Å². The Bertz CT molecular complexity index is 780. The summed E-state index contributed by atoms with van der Waals surface area (Å²) in [5.74, 6) is 1.56. The molecule has 0 radical (unpaired) electrons. The van der Waals surface area contributed by atoms with Crippen LogP contribution in [0.2, 0.25) is 0 Å². The van der Waals surface area contributed by atoms with Crippen LogP contribution in [-0.2, 0) is 0 Å². The summed E-state index contributed by atoms with van der Waals surface area (Å²) in [4.78, 5) is 18.1. The van der Waals surface area contributed by atoms with Gasteiger partial charge in [-0.05, 0) is 37.1 Å². The number of benzene rings is 1. The highest BCUT2D eigenvalue weighted by molar-refractivity contribution is 7.80. The van der Waals surface area contributed by atoms with Gasteiger partial charge in [0, 0.05) is 29.6 Å². The lowest BCUT2D eigenvalue weighted by Gasteiger charge is -2.18. The minimum atomic E-state index is 0.398. The summed E-state index contributed by atoms with van der Waals surface area (Å²) in [6, 6.07) is 10.6. The van der Waals surface area contributed by atoms with Crippen molar-refractivity contribution < 1.29 is 9.53 Å². The molecular formula is C17H15N3O2S. The van der Waals surface area contributed by atoms with Crippen molar-refractivity contribution in [2.45, 2.75) is 17.7 Å². The molecule has 0 spiro atoms. The van der Waals surface area contributed by atoms with Gasteiger partial charge < -0.3 is 9.64 Å². The van der Waals surface area contributed by atoms with Crippen LogP contribution in [0.25, 0.3) is 0 Å². The summed E-state index contributed by atoms with van der Waals surface area (Å²) in [5.41, 5.74) is 0.998. The van der Waals surface area contributed by atoms with Gasteiger partial charge in [-0.25, -0.2) is 0 Å². The number of ether oxygens (including phenoxy) is 1. The second-order valence-electron chi connectivity index (χ2n) is 5.27. The average molecular weight is 325 g/mol. The Labute approximate surface area is 139 Å². The molecule has 1 fully saturated rings. The van der Waals surface area contributed by atoms with Crippen LogP contribution >= 0.6 is 12.6 Å². The zero-order chi connectivity index (χ0) is 16.2. The van der Waals surface area contributed by atoms with Gasteiger partial charge in [0.25, 0.3) is 0 Å². The molecular weight excluding hydrogens is 310 g/mol. The lowest BCUT2D eigenvalue weighted by Crippen LogP contribution is -2.20. The van der Waals surface area contributed by atoms with Crippen LogP contribution in [0.3, 0.4) is 0 Å². The van der Waals surface area contributed by atoms with Gasteiger partial charge in [0.15, 0.2) is 12.1 Å². The molecule has 1 saturated heterocycles. The summed E-state index contributed by atoms with van der Waals surface area (Å²) in [7, 11) is 0. The minimum absolute atomic E-state index is 0.398. The Kier molecular flexibility index (Phi) is 4.49. The first kappa shape index (κ1) is 15.4. The molecule has 0 atom stereocenters. The first-order chi connectivity index (χ1) is 11.2. The van der Waals surface area contributed by atoms with Crippen molar-refractivity contribution >= 4 is 24.7 Å². The monoisotopic (exact) mass is 325 g/mol. The number of carbonyl (C=O) groups is 1. The van der Waals surface area contributed by atoms with Crippen molar-refractivity contribution in [3.05, 3.63) is 41.5 Å². The molecule has 3 rings (SSSR count). The molecule has 0 saturated carbocycles. The van der Waals surface area contributed by atoms with E-state index in [0.717, 1.165) is 32.2 Å². The van der Waals surface area contributed by atoms with E-state index >= 15 is 0 Å². The zero-order valence-corrected chi connectivity index (χ0v) is 13.3. The number of hydrogen-bond acceptors (Lipinski definition) is 6. The third-order valence-corrected chi connectivity index (χ3v) is 4.13. The van der Waals surface area contributed by atoms with Gasteiger partial charge in [-0.3, -0.25) is 4.79 Å². The number of nitriles is 1. The van der Waals surface area contributed by atoms with Gasteiger partial charge in [0.2, 0.25) is 5.88 Å². The zero-order valence-electron chi connectivity index (χ0n) is 12.4. The number of hydrogen-bond donors (Lipinski definition) is 1. The normalized spacial score (nSPS) is 13.7. The number of rotatable bonds is 4. The van der Waals surface area contributed by atoms with E-state index in [0.29, 0.717) is 33.5 Å². The van der Waals surface area contributed by atoms with Crippen molar-refractivity contribution in [1.82, 2.24) is 4.98 Å². The molecule has 116 valence electrons. The Hall–Kier alpha value is -2.52. The van der Waals surface area contributed by atoms with E-state index in [9.17, 15) is 10.1 Å². The highest BCUT2D eigenvalue weighted by atomic mass is 32.1. The maximum absolute atomic E-state index is 11.0. The van der Waals surface area contributed by atoms with Gasteiger partial charge in [0.05, 0.1) is 5.56 Å². The summed E-state index contributed by atoms with van der Waals surface area (Å²) in [6.07, 6.45) is 2.94. The van der Waals surface area contributed by atoms with E-state index < -0.39 is 0 Å². The van der Waals surface area contributed by atoms with Crippen LogP contribution < -0.4 is 9.64 Å². The Balaban J connectivity index is 1.90. The topological polar surface area (TPSA) is 66.2 Å². The molecule has 2 aromatic rings. The van der Waals surface area contributed by atoms with Gasteiger partial charge in [-0.1, -0.05) is 0 Å². The van der Waals surface area contributed by atoms with E-state index in [2.05, 4.69) is 28.6 Å². The van der Waals surface area contributed by atoms with E-state index in [-0.39, 0.29) is 0 Å². The lowest BCUT2D eigenvalue weighted by atomic mass is 10.2. The van der Waals surface area contributed by atoms with Crippen molar-refractivity contribution in [2.75, 3.05) is 18.0 Å². The number of aromatic nitrogens is 1. The molecule has 23 heavy (non-hydrogen) atoms. The first-order valence-electron chi connectivity index (χ1n) is 7.33. The van der Waals surface area contributed by atoms with Crippen molar-refractivity contribution in [1.29, 1.82) is 5.26 Å². The summed E-state index contributed by atoms with van der Waals surface area (Å²) in [6.45, 7) is 1.80. The van der Waals surface area contributed by atoms with Gasteiger partial charge >= 0.3 is 0 Å². The highest BCUT2D eigenvalue weighted by Crippen LogP contribution is 2.28. The summed E-state index contributed by atoms with van der Waals surface area (Å²) >= 11 is 4.21. The largest absolute Gasteiger partial charge is 0.439 e. The van der Waals surface area contributed by atoms with Gasteiger partial charge in [-0.15, -0.1) is 12.6 Å². The predicted octanol–water partition coefficient (Wildman–Crippen LogP) is 3.45. The number of nitrogens with zero attached hydrogens (tertiary/aromatic N) is 3. The van der Waals surface area contributed by atoms with Crippen LogP contribution in [0, 0.1) is 11.3 Å². The van der Waals surface area contributed by atoms with E-state index in [1.54, 1.807) is 30.3 Å². The second-order valence-corrected chi connectivity index (χ2v) is 5.75. The van der Waals surface area contributed by atoms with Crippen LogP contribution in [-0.4, -0.2) is 24.4 Å². The SMILES string of the molecule is N#Cc1ccc(Oc2ccc(S)c(C=O)c2)nc1N1CCCC1. The van der Waals surface area contributed by atoms with E-state index in [4.69, 9.17) is 4.74 Å². The average Bonchev–Trinajstić information content (AvgIpc) is 3.11. The fourth-order valence-corrected chi connectivity index (χ4v) is 2.75. The third kappa shape index (κ3) is 3.30. The number of carbonyl (C=O) groups excluding carboxylic acids is 1. The van der Waals surface area contributed by atoms with Crippen LogP contribution in [0.4, 0.5) is 5.82 Å². The summed E-state index contributed by atoms with van der Waals surface area (Å²) < 4.78 is 5.74. The molecule has 5 nitrogen and oxygen atoms in total. The first-order valence-corrected chi connectivity index (χ1v) is 7.78. The number of aldehydes is 1. The van der Waals surface area contributed by atoms with Crippen molar-refractivity contribution in [3.8, 4) is 17.7 Å². The fourth-order valence-electron chi connectivity index (χ4n) is 2.56. The second kappa shape index (κ2) is 6.71. The minimum Gasteiger partial charge on any atom is -0.439 e. The maximum Gasteiger partial charge on any atom is 0.221 e. The molecule has 0 amide bonds.